The smallest absolute Gasteiger partial charge is 0.293 e. The lowest BCUT2D eigenvalue weighted by Gasteiger charge is -2.28. The molecule has 0 aromatic carbocycles. The first-order chi connectivity index (χ1) is 9.60. The van der Waals surface area contributed by atoms with Crippen molar-refractivity contribution in [3.05, 3.63) is 24.2 Å². The second kappa shape index (κ2) is 3.60. The summed E-state index contributed by atoms with van der Waals surface area (Å²) in [5.74, 6) is -1.65. The Kier molecular flexibility index (Phi) is 2.28. The van der Waals surface area contributed by atoms with Crippen molar-refractivity contribution in [2.75, 3.05) is 14.2 Å². The maximum Gasteiger partial charge on any atom is 0.293 e. The van der Waals surface area contributed by atoms with E-state index < -0.39 is 22.7 Å². The summed E-state index contributed by atoms with van der Waals surface area (Å²) in [7, 11) is 2.73. The molecule has 0 amide bonds. The summed E-state index contributed by atoms with van der Waals surface area (Å²) in [5, 5.41) is 19.3. The number of fused-ring (bicyclic) bond motifs is 1. The van der Waals surface area contributed by atoms with Crippen molar-refractivity contribution in [2.45, 2.75) is 11.8 Å². The van der Waals surface area contributed by atoms with Crippen LogP contribution in [0, 0.1) is 33.5 Å². The van der Waals surface area contributed by atoms with Crippen LogP contribution < -0.4 is 5.73 Å². The minimum atomic E-state index is -1.60. The van der Waals surface area contributed by atoms with Gasteiger partial charge < -0.3 is 19.6 Å². The zero-order valence-corrected chi connectivity index (χ0v) is 11.0. The summed E-state index contributed by atoms with van der Waals surface area (Å²) in [6.07, 6.45) is 1.48. The Hall–Kier alpha value is -2.35. The first-order valence-corrected chi connectivity index (χ1v) is 5.92. The van der Waals surface area contributed by atoms with Crippen molar-refractivity contribution in [1.29, 1.82) is 10.5 Å². The molecule has 1 saturated carbocycles. The van der Waals surface area contributed by atoms with Crippen LogP contribution in [0.4, 0.5) is 0 Å². The van der Waals surface area contributed by atoms with Gasteiger partial charge in [-0.2, -0.15) is 10.5 Å². The van der Waals surface area contributed by atoms with Crippen molar-refractivity contribution in [1.82, 2.24) is 0 Å². The number of nitriles is 2. The third-order valence-electron chi connectivity index (χ3n) is 4.31. The highest BCUT2D eigenvalue weighted by Gasteiger charge is 2.94. The number of methoxy groups -OCH3 is 2. The molecule has 0 radical (unpaired) electrons. The number of hydrogen-bond donors (Lipinski definition) is 1. The number of ether oxygens (including phenoxy) is 2. The molecule has 20 heavy (non-hydrogen) atoms. The van der Waals surface area contributed by atoms with Crippen molar-refractivity contribution < 1.29 is 13.9 Å². The summed E-state index contributed by atoms with van der Waals surface area (Å²) in [6.45, 7) is 0. The molecule has 2 heterocycles. The van der Waals surface area contributed by atoms with Gasteiger partial charge in [0.15, 0.2) is 10.8 Å². The molecule has 3 rings (SSSR count). The summed E-state index contributed by atoms with van der Waals surface area (Å²) >= 11 is 0. The molecule has 1 fully saturated rings. The fourth-order valence-electron chi connectivity index (χ4n) is 3.40. The fraction of sp³-hybridized carbons (Fsp3) is 0.462. The molecule has 0 saturated heterocycles. The number of hydrogen-bond acceptors (Lipinski definition) is 7. The SMILES string of the molecule is COC1(OC)N=C(N)[C@@]2(C#N)[C@@H](c3ccco3)[C@@]12C#N. The van der Waals surface area contributed by atoms with Crippen LogP contribution in [-0.2, 0) is 9.47 Å². The second-order valence-electron chi connectivity index (χ2n) is 4.78. The lowest BCUT2D eigenvalue weighted by atomic mass is 9.94. The molecular formula is C13H12N4O3. The highest BCUT2D eigenvalue weighted by atomic mass is 16.7. The second-order valence-corrected chi connectivity index (χ2v) is 4.78. The van der Waals surface area contributed by atoms with Gasteiger partial charge in [0.2, 0.25) is 0 Å². The largest absolute Gasteiger partial charge is 0.469 e. The maximum absolute atomic E-state index is 9.72. The quantitative estimate of drug-likeness (QED) is 0.810. The Bertz CT molecular complexity index is 665. The number of rotatable bonds is 3. The van der Waals surface area contributed by atoms with E-state index in [1.807, 2.05) is 0 Å². The van der Waals surface area contributed by atoms with Crippen LogP contribution in [0.15, 0.2) is 27.8 Å². The van der Waals surface area contributed by atoms with Gasteiger partial charge in [0.05, 0.1) is 24.3 Å². The zero-order chi connectivity index (χ0) is 14.6. The first kappa shape index (κ1) is 12.7. The minimum Gasteiger partial charge on any atom is -0.469 e. The van der Waals surface area contributed by atoms with Crippen molar-refractivity contribution >= 4 is 5.84 Å². The molecule has 1 aliphatic carbocycles. The van der Waals surface area contributed by atoms with Gasteiger partial charge in [-0.3, -0.25) is 0 Å². The van der Waals surface area contributed by atoms with Crippen LogP contribution in [-0.4, -0.2) is 26.0 Å². The van der Waals surface area contributed by atoms with Crippen LogP contribution in [0.3, 0.4) is 0 Å². The van der Waals surface area contributed by atoms with E-state index in [4.69, 9.17) is 19.6 Å². The molecule has 1 aliphatic heterocycles. The Morgan fingerprint density at radius 1 is 1.35 bits per heavy atom. The molecule has 0 bridgehead atoms. The molecule has 102 valence electrons. The monoisotopic (exact) mass is 272 g/mol. The van der Waals surface area contributed by atoms with Crippen LogP contribution in [0.2, 0.25) is 0 Å². The van der Waals surface area contributed by atoms with E-state index in [1.165, 1.54) is 20.5 Å². The standard InChI is InChI=1S/C13H12N4O3/c1-18-13(19-2)12(7-15)9(8-4-3-5-20-8)11(12,6-14)10(16)17-13/h3-5,9H,1-2H3,(H2,16,17)/t9-,11-,12-/m1/s1. The number of aliphatic imine (C=N–C) groups is 1. The van der Waals surface area contributed by atoms with Crippen molar-refractivity contribution in [3.63, 3.8) is 0 Å². The Balaban J connectivity index is 2.26. The Labute approximate surface area is 115 Å². The third-order valence-corrected chi connectivity index (χ3v) is 4.31. The predicted molar refractivity (Wildman–Crippen MR) is 65.9 cm³/mol. The van der Waals surface area contributed by atoms with Gasteiger partial charge in [0, 0.05) is 14.2 Å². The van der Waals surface area contributed by atoms with Gasteiger partial charge >= 0.3 is 0 Å². The average Bonchev–Trinajstić information content (AvgIpc) is 2.79. The summed E-state index contributed by atoms with van der Waals surface area (Å²) in [6, 6.07) is 7.65. The molecule has 0 unspecified atom stereocenters. The maximum atomic E-state index is 9.72. The van der Waals surface area contributed by atoms with E-state index >= 15 is 0 Å². The van der Waals surface area contributed by atoms with Gasteiger partial charge in [0.25, 0.3) is 5.91 Å². The summed E-state index contributed by atoms with van der Waals surface area (Å²) in [4.78, 5) is 4.10. The molecule has 1 aromatic rings. The van der Waals surface area contributed by atoms with Gasteiger partial charge in [-0.1, -0.05) is 0 Å². The van der Waals surface area contributed by atoms with E-state index in [9.17, 15) is 10.5 Å². The highest BCUT2D eigenvalue weighted by Crippen LogP contribution is 2.81. The van der Waals surface area contributed by atoms with Crippen LogP contribution >= 0.6 is 0 Å². The molecule has 7 heteroatoms. The van der Waals surface area contributed by atoms with E-state index in [2.05, 4.69) is 17.1 Å². The van der Waals surface area contributed by atoms with E-state index in [1.54, 1.807) is 12.1 Å². The van der Waals surface area contributed by atoms with Crippen molar-refractivity contribution in [3.8, 4) is 12.1 Å². The molecule has 2 N–H and O–H groups in total. The molecule has 7 nitrogen and oxygen atoms in total. The molecule has 0 spiro atoms. The summed E-state index contributed by atoms with van der Waals surface area (Å²) < 4.78 is 16.0. The summed E-state index contributed by atoms with van der Waals surface area (Å²) in [5.41, 5.74) is 3.29. The lowest BCUT2D eigenvalue weighted by Crippen LogP contribution is -2.41. The topological polar surface area (TPSA) is 118 Å². The molecule has 1 aromatic heterocycles. The zero-order valence-electron chi connectivity index (χ0n) is 11.0. The van der Waals surface area contributed by atoms with Gasteiger partial charge in [-0.05, 0) is 12.1 Å². The molecule has 3 atom stereocenters. The van der Waals surface area contributed by atoms with Crippen LogP contribution in [0.5, 0.6) is 0 Å². The van der Waals surface area contributed by atoms with Gasteiger partial charge in [0.1, 0.15) is 11.6 Å². The van der Waals surface area contributed by atoms with E-state index in [-0.39, 0.29) is 5.84 Å². The number of amidine groups is 1. The van der Waals surface area contributed by atoms with Gasteiger partial charge in [-0.15, -0.1) is 0 Å². The number of furan rings is 1. The number of nitrogens with zero attached hydrogens (tertiary/aromatic N) is 3. The van der Waals surface area contributed by atoms with E-state index in [0.717, 1.165) is 0 Å². The Morgan fingerprint density at radius 3 is 2.50 bits per heavy atom. The van der Waals surface area contributed by atoms with Crippen LogP contribution in [0.25, 0.3) is 0 Å². The Morgan fingerprint density at radius 2 is 2.05 bits per heavy atom. The van der Waals surface area contributed by atoms with Gasteiger partial charge in [-0.25, -0.2) is 4.99 Å². The molecule has 2 aliphatic rings. The fourth-order valence-corrected chi connectivity index (χ4v) is 3.40. The van der Waals surface area contributed by atoms with Crippen LogP contribution in [0.1, 0.15) is 11.7 Å². The van der Waals surface area contributed by atoms with E-state index in [0.29, 0.717) is 5.76 Å². The van der Waals surface area contributed by atoms with Crippen molar-refractivity contribution in [2.24, 2.45) is 21.6 Å². The third kappa shape index (κ3) is 0.944. The number of nitrogens with two attached hydrogens (primary N) is 1. The molecular weight excluding hydrogens is 260 g/mol. The first-order valence-electron chi connectivity index (χ1n) is 5.92. The lowest BCUT2D eigenvalue weighted by molar-refractivity contribution is -0.230. The normalized spacial score (nSPS) is 36.6. The predicted octanol–water partition coefficient (Wildman–Crippen LogP) is 0.714. The highest BCUT2D eigenvalue weighted by molar-refractivity contribution is 6.00. The average molecular weight is 272 g/mol. The minimum absolute atomic E-state index is 0.0339.